The predicted molar refractivity (Wildman–Crippen MR) is 150 cm³/mol. The van der Waals surface area contributed by atoms with Crippen LogP contribution >= 0.6 is 11.6 Å². The molecule has 0 saturated carbocycles. The first-order valence-corrected chi connectivity index (χ1v) is 12.5. The molecule has 0 atom stereocenters. The normalized spacial score (nSPS) is 11.1. The standard InChI is InChI=1S/C27H24ClN9O3/c1-39-26-12-18(14-33-35-27(38)24-15-29-8-9-31-24)2-5-25(26)40-17-20-16-37(36-34-20)11-10-32-22-6-7-30-23-13-19(28)3-4-21(22)23/h2-9,12-16H,10-11,17H2,1H3,(H,30,32)(H,35,38)/b33-14+. The lowest BCUT2D eigenvalue weighted by molar-refractivity contribution is 0.0949. The number of rotatable bonds is 11. The Balaban J connectivity index is 1.12. The number of carbonyl (C=O) groups is 1. The van der Waals surface area contributed by atoms with Crippen molar-refractivity contribution >= 4 is 40.3 Å². The summed E-state index contributed by atoms with van der Waals surface area (Å²) in [5.74, 6) is 0.576. The number of aromatic nitrogens is 6. The molecule has 5 aromatic rings. The lowest BCUT2D eigenvalue weighted by atomic mass is 10.2. The summed E-state index contributed by atoms with van der Waals surface area (Å²) < 4.78 is 13.1. The Hall–Kier alpha value is -5.10. The molecule has 0 fully saturated rings. The average molecular weight is 558 g/mol. The zero-order chi connectivity index (χ0) is 27.7. The van der Waals surface area contributed by atoms with Crippen LogP contribution in [-0.4, -0.2) is 55.7 Å². The summed E-state index contributed by atoms with van der Waals surface area (Å²) in [7, 11) is 1.54. The zero-order valence-electron chi connectivity index (χ0n) is 21.4. The molecule has 0 aliphatic heterocycles. The highest BCUT2D eigenvalue weighted by atomic mass is 35.5. The molecule has 13 heteroatoms. The minimum atomic E-state index is -0.462. The van der Waals surface area contributed by atoms with E-state index in [0.717, 1.165) is 16.6 Å². The zero-order valence-corrected chi connectivity index (χ0v) is 22.1. The maximum Gasteiger partial charge on any atom is 0.291 e. The highest BCUT2D eigenvalue weighted by Crippen LogP contribution is 2.28. The molecular weight excluding hydrogens is 534 g/mol. The molecule has 0 bridgehead atoms. The Morgan fingerprint density at radius 2 is 2.02 bits per heavy atom. The molecule has 40 heavy (non-hydrogen) atoms. The molecule has 0 aliphatic carbocycles. The molecule has 0 saturated heterocycles. The quantitative estimate of drug-likeness (QED) is 0.183. The van der Waals surface area contributed by atoms with Crippen LogP contribution in [0.2, 0.25) is 5.02 Å². The van der Waals surface area contributed by atoms with Crippen molar-refractivity contribution < 1.29 is 14.3 Å². The van der Waals surface area contributed by atoms with Crippen LogP contribution in [0.4, 0.5) is 5.69 Å². The SMILES string of the molecule is COc1cc(/C=N/NC(=O)c2cnccn2)ccc1OCc1cn(CCNc2ccnc3cc(Cl)ccc23)nn1. The molecular formula is C27H24ClN9O3. The minimum absolute atomic E-state index is 0.169. The number of benzene rings is 2. The van der Waals surface area contributed by atoms with Gasteiger partial charge in [0.05, 0.1) is 37.8 Å². The highest BCUT2D eigenvalue weighted by molar-refractivity contribution is 6.31. The Kier molecular flexibility index (Phi) is 8.37. The number of halogens is 1. The summed E-state index contributed by atoms with van der Waals surface area (Å²) in [6.07, 6.45) is 9.35. The van der Waals surface area contributed by atoms with E-state index in [1.165, 1.54) is 24.8 Å². The van der Waals surface area contributed by atoms with E-state index in [2.05, 4.69) is 41.1 Å². The Bertz CT molecular complexity index is 1640. The van der Waals surface area contributed by atoms with Crippen molar-refractivity contribution in [2.24, 2.45) is 5.10 Å². The molecule has 0 spiro atoms. The molecule has 3 heterocycles. The number of hydrogen-bond acceptors (Lipinski definition) is 10. The Morgan fingerprint density at radius 1 is 1.10 bits per heavy atom. The van der Waals surface area contributed by atoms with Crippen molar-refractivity contribution in [1.82, 2.24) is 35.4 Å². The smallest absolute Gasteiger partial charge is 0.291 e. The van der Waals surface area contributed by atoms with Gasteiger partial charge in [0.1, 0.15) is 18.0 Å². The van der Waals surface area contributed by atoms with Crippen molar-refractivity contribution in [1.29, 1.82) is 0 Å². The maximum absolute atomic E-state index is 12.0. The first-order chi connectivity index (χ1) is 19.6. The highest BCUT2D eigenvalue weighted by Gasteiger charge is 2.09. The second kappa shape index (κ2) is 12.6. The second-order valence-electron chi connectivity index (χ2n) is 8.41. The number of nitrogens with zero attached hydrogens (tertiary/aromatic N) is 7. The van der Waals surface area contributed by atoms with E-state index in [9.17, 15) is 4.79 Å². The first kappa shape index (κ1) is 26.5. The summed E-state index contributed by atoms with van der Waals surface area (Å²) in [6, 6.07) is 12.8. The van der Waals surface area contributed by atoms with Crippen LogP contribution in [0.1, 0.15) is 21.7 Å². The molecule has 202 valence electrons. The monoisotopic (exact) mass is 557 g/mol. The van der Waals surface area contributed by atoms with Gasteiger partial charge in [-0.05, 0) is 48.0 Å². The van der Waals surface area contributed by atoms with E-state index in [-0.39, 0.29) is 12.3 Å². The van der Waals surface area contributed by atoms with Crippen LogP contribution in [0.3, 0.4) is 0 Å². The molecule has 12 nitrogen and oxygen atoms in total. The van der Waals surface area contributed by atoms with Gasteiger partial charge in [-0.15, -0.1) is 5.10 Å². The fraction of sp³-hybridized carbons (Fsp3) is 0.148. The van der Waals surface area contributed by atoms with E-state index < -0.39 is 5.91 Å². The van der Waals surface area contributed by atoms with E-state index in [0.29, 0.717) is 40.9 Å². The third-order valence-electron chi connectivity index (χ3n) is 5.69. The van der Waals surface area contributed by atoms with Crippen molar-refractivity contribution in [2.75, 3.05) is 19.0 Å². The van der Waals surface area contributed by atoms with Gasteiger partial charge >= 0.3 is 0 Å². The van der Waals surface area contributed by atoms with Gasteiger partial charge in [-0.1, -0.05) is 16.8 Å². The van der Waals surface area contributed by atoms with Crippen LogP contribution in [0.25, 0.3) is 10.9 Å². The molecule has 1 amide bonds. The third kappa shape index (κ3) is 6.66. The topological polar surface area (TPSA) is 141 Å². The van der Waals surface area contributed by atoms with Gasteiger partial charge in [-0.25, -0.2) is 10.4 Å². The first-order valence-electron chi connectivity index (χ1n) is 12.2. The Morgan fingerprint density at radius 3 is 2.88 bits per heavy atom. The van der Waals surface area contributed by atoms with E-state index in [1.54, 1.807) is 36.2 Å². The molecule has 3 aromatic heterocycles. The van der Waals surface area contributed by atoms with Crippen LogP contribution in [0, 0.1) is 0 Å². The van der Waals surface area contributed by atoms with Gasteiger partial charge in [-0.2, -0.15) is 5.10 Å². The van der Waals surface area contributed by atoms with Gasteiger partial charge in [0.2, 0.25) is 0 Å². The van der Waals surface area contributed by atoms with Crippen LogP contribution < -0.4 is 20.2 Å². The fourth-order valence-electron chi connectivity index (χ4n) is 3.77. The van der Waals surface area contributed by atoms with Crippen molar-refractivity contribution in [3.63, 3.8) is 0 Å². The number of hydrogen-bond donors (Lipinski definition) is 2. The van der Waals surface area contributed by atoms with Crippen LogP contribution in [0.15, 0.2) is 78.6 Å². The third-order valence-corrected chi connectivity index (χ3v) is 5.92. The van der Waals surface area contributed by atoms with Crippen LogP contribution in [-0.2, 0) is 13.2 Å². The average Bonchev–Trinajstić information content (AvgIpc) is 3.44. The van der Waals surface area contributed by atoms with Crippen molar-refractivity contribution in [3.8, 4) is 11.5 Å². The van der Waals surface area contributed by atoms with E-state index in [1.807, 2.05) is 30.5 Å². The van der Waals surface area contributed by atoms with Gasteiger partial charge in [0.15, 0.2) is 11.5 Å². The summed E-state index contributed by atoms with van der Waals surface area (Å²) >= 11 is 6.07. The molecule has 0 aliphatic rings. The summed E-state index contributed by atoms with van der Waals surface area (Å²) in [5.41, 5.74) is 5.75. The van der Waals surface area contributed by atoms with E-state index >= 15 is 0 Å². The van der Waals surface area contributed by atoms with Gasteiger partial charge in [0, 0.05) is 41.2 Å². The van der Waals surface area contributed by atoms with Gasteiger partial charge in [-0.3, -0.25) is 19.4 Å². The number of hydrazone groups is 1. The maximum atomic E-state index is 12.0. The van der Waals surface area contributed by atoms with Gasteiger partial charge in [0.25, 0.3) is 5.91 Å². The summed E-state index contributed by atoms with van der Waals surface area (Å²) in [4.78, 5) is 24.2. The molecule has 2 N–H and O–H groups in total. The number of methoxy groups -OCH3 is 1. The number of anilines is 1. The number of carbonyl (C=O) groups excluding carboxylic acids is 1. The number of nitrogens with one attached hydrogen (secondary N) is 2. The lowest BCUT2D eigenvalue weighted by Crippen LogP contribution is -2.19. The van der Waals surface area contributed by atoms with Crippen molar-refractivity contribution in [2.45, 2.75) is 13.2 Å². The largest absolute Gasteiger partial charge is 0.493 e. The summed E-state index contributed by atoms with van der Waals surface area (Å²) in [6.45, 7) is 1.46. The predicted octanol–water partition coefficient (Wildman–Crippen LogP) is 3.73. The summed E-state index contributed by atoms with van der Waals surface area (Å²) in [5, 5.41) is 17.4. The molecule has 0 radical (unpaired) electrons. The van der Waals surface area contributed by atoms with Crippen molar-refractivity contribution in [3.05, 3.63) is 95.4 Å². The lowest BCUT2D eigenvalue weighted by Gasteiger charge is -2.10. The van der Waals surface area contributed by atoms with Gasteiger partial charge < -0.3 is 14.8 Å². The molecule has 2 aromatic carbocycles. The molecule has 5 rings (SSSR count). The number of pyridine rings is 1. The van der Waals surface area contributed by atoms with E-state index in [4.69, 9.17) is 21.1 Å². The minimum Gasteiger partial charge on any atom is -0.493 e. The second-order valence-corrected chi connectivity index (χ2v) is 8.84. The number of fused-ring (bicyclic) bond motifs is 1. The van der Waals surface area contributed by atoms with Crippen LogP contribution in [0.5, 0.6) is 11.5 Å². The number of amides is 1. The Labute approximate surface area is 234 Å². The molecule has 0 unspecified atom stereocenters. The fourth-order valence-corrected chi connectivity index (χ4v) is 3.94. The number of ether oxygens (including phenoxy) is 2.